The standard InChI is InChI=1S/C15H25F3N2O3/c1-10(11-4-8-23-9-5-11)19-14(22)20-6-2-12(3-7-20)13(21)15(16,17)18/h10-13,21H,2-9H2,1H3,(H,19,22). The second-order valence-electron chi connectivity index (χ2n) is 6.50. The maximum absolute atomic E-state index is 12.5. The first-order valence-corrected chi connectivity index (χ1v) is 8.17. The number of hydrogen-bond donors (Lipinski definition) is 2. The van der Waals surface area contributed by atoms with Gasteiger partial charge in [-0.1, -0.05) is 0 Å². The van der Waals surface area contributed by atoms with Crippen molar-refractivity contribution in [3.8, 4) is 0 Å². The minimum atomic E-state index is -4.59. The van der Waals surface area contributed by atoms with Gasteiger partial charge in [0.15, 0.2) is 6.10 Å². The van der Waals surface area contributed by atoms with Crippen molar-refractivity contribution in [2.24, 2.45) is 11.8 Å². The summed E-state index contributed by atoms with van der Waals surface area (Å²) in [6, 6.07) is -0.214. The summed E-state index contributed by atoms with van der Waals surface area (Å²) in [5, 5.41) is 12.2. The number of carbonyl (C=O) groups is 1. The number of aliphatic hydroxyl groups is 1. The molecule has 23 heavy (non-hydrogen) atoms. The Morgan fingerprint density at radius 1 is 1.17 bits per heavy atom. The first-order valence-electron chi connectivity index (χ1n) is 8.17. The third kappa shape index (κ3) is 4.97. The van der Waals surface area contributed by atoms with Gasteiger partial charge in [-0.15, -0.1) is 0 Å². The van der Waals surface area contributed by atoms with Crippen LogP contribution in [0.15, 0.2) is 0 Å². The fourth-order valence-electron chi connectivity index (χ4n) is 3.31. The number of likely N-dealkylation sites (tertiary alicyclic amines) is 1. The summed E-state index contributed by atoms with van der Waals surface area (Å²) < 4.78 is 42.8. The Bertz CT molecular complexity index is 392. The monoisotopic (exact) mass is 338 g/mol. The normalized spacial score (nSPS) is 24.3. The quantitative estimate of drug-likeness (QED) is 0.829. The van der Waals surface area contributed by atoms with Gasteiger partial charge >= 0.3 is 12.2 Å². The highest BCUT2D eigenvalue weighted by Gasteiger charge is 2.44. The molecule has 2 unspecified atom stereocenters. The summed E-state index contributed by atoms with van der Waals surface area (Å²) in [6.45, 7) is 3.83. The molecule has 0 aromatic carbocycles. The molecule has 2 rings (SSSR count). The van der Waals surface area contributed by atoms with Gasteiger partial charge in [-0.3, -0.25) is 0 Å². The molecule has 0 bridgehead atoms. The lowest BCUT2D eigenvalue weighted by molar-refractivity contribution is -0.222. The van der Waals surface area contributed by atoms with E-state index in [1.165, 1.54) is 4.90 Å². The molecule has 0 spiro atoms. The van der Waals surface area contributed by atoms with E-state index in [2.05, 4.69) is 5.32 Å². The topological polar surface area (TPSA) is 61.8 Å². The van der Waals surface area contributed by atoms with Crippen molar-refractivity contribution in [1.82, 2.24) is 10.2 Å². The first-order chi connectivity index (χ1) is 10.8. The molecule has 2 aliphatic heterocycles. The van der Waals surface area contributed by atoms with Crippen LogP contribution in [0.2, 0.25) is 0 Å². The van der Waals surface area contributed by atoms with E-state index in [1.807, 2.05) is 6.92 Å². The molecule has 2 N–H and O–H groups in total. The van der Waals surface area contributed by atoms with Gasteiger partial charge in [-0.25, -0.2) is 4.79 Å². The molecule has 134 valence electrons. The number of ether oxygens (including phenoxy) is 1. The summed E-state index contributed by atoms with van der Waals surface area (Å²) in [7, 11) is 0. The molecule has 2 heterocycles. The number of halogens is 3. The van der Waals surface area contributed by atoms with Gasteiger partial charge in [0.05, 0.1) is 0 Å². The summed E-state index contributed by atoms with van der Waals surface area (Å²) in [4.78, 5) is 13.8. The van der Waals surface area contributed by atoms with Crippen molar-refractivity contribution in [1.29, 1.82) is 0 Å². The number of alkyl halides is 3. The smallest absolute Gasteiger partial charge is 0.383 e. The molecule has 2 aliphatic rings. The van der Waals surface area contributed by atoms with Crippen molar-refractivity contribution in [2.45, 2.75) is 50.9 Å². The number of urea groups is 1. The molecule has 0 saturated carbocycles. The van der Waals surface area contributed by atoms with Crippen molar-refractivity contribution in [3.05, 3.63) is 0 Å². The van der Waals surface area contributed by atoms with Crippen LogP contribution >= 0.6 is 0 Å². The van der Waals surface area contributed by atoms with Gasteiger partial charge in [0, 0.05) is 32.3 Å². The lowest BCUT2D eigenvalue weighted by Crippen LogP contribution is -2.51. The molecule has 8 heteroatoms. The molecule has 0 aromatic rings. The lowest BCUT2D eigenvalue weighted by atomic mass is 9.91. The van der Waals surface area contributed by atoms with Gasteiger partial charge in [0.1, 0.15) is 0 Å². The van der Waals surface area contributed by atoms with Crippen LogP contribution in [-0.4, -0.2) is 60.7 Å². The van der Waals surface area contributed by atoms with E-state index in [0.717, 1.165) is 12.8 Å². The van der Waals surface area contributed by atoms with Gasteiger partial charge in [0.25, 0.3) is 0 Å². The van der Waals surface area contributed by atoms with Crippen molar-refractivity contribution < 1.29 is 27.8 Å². The average Bonchev–Trinajstić information content (AvgIpc) is 2.54. The highest BCUT2D eigenvalue weighted by atomic mass is 19.4. The number of piperidine rings is 1. The van der Waals surface area contributed by atoms with Crippen LogP contribution in [0.5, 0.6) is 0 Å². The van der Waals surface area contributed by atoms with Crippen LogP contribution in [-0.2, 0) is 4.74 Å². The minimum Gasteiger partial charge on any atom is -0.383 e. The zero-order valence-electron chi connectivity index (χ0n) is 13.3. The van der Waals surface area contributed by atoms with Crippen LogP contribution in [0.4, 0.5) is 18.0 Å². The summed E-state index contributed by atoms with van der Waals surface area (Å²) in [5.41, 5.74) is 0. The van der Waals surface area contributed by atoms with Gasteiger partial charge in [-0.05, 0) is 44.4 Å². The Hall–Kier alpha value is -1.02. The number of rotatable bonds is 3. The Kier molecular flexibility index (Phi) is 6.13. The third-order valence-corrected chi connectivity index (χ3v) is 4.93. The molecule has 2 atom stereocenters. The molecule has 5 nitrogen and oxygen atoms in total. The second-order valence-corrected chi connectivity index (χ2v) is 6.50. The molecule has 0 aliphatic carbocycles. The maximum atomic E-state index is 12.5. The summed E-state index contributed by atoms with van der Waals surface area (Å²) >= 11 is 0. The van der Waals surface area contributed by atoms with Crippen molar-refractivity contribution in [2.75, 3.05) is 26.3 Å². The fourth-order valence-corrected chi connectivity index (χ4v) is 3.31. The Morgan fingerprint density at radius 2 is 1.74 bits per heavy atom. The van der Waals surface area contributed by atoms with Crippen LogP contribution < -0.4 is 5.32 Å². The van der Waals surface area contributed by atoms with Crippen LogP contribution in [0.1, 0.15) is 32.6 Å². The Morgan fingerprint density at radius 3 is 2.26 bits per heavy atom. The summed E-state index contributed by atoms with van der Waals surface area (Å²) in [5.74, 6) is -0.454. The molecule has 0 radical (unpaired) electrons. The van der Waals surface area contributed by atoms with Crippen LogP contribution in [0.25, 0.3) is 0 Å². The number of nitrogens with one attached hydrogen (secondary N) is 1. The van der Waals surface area contributed by atoms with E-state index < -0.39 is 18.2 Å². The largest absolute Gasteiger partial charge is 0.414 e. The van der Waals surface area contributed by atoms with Crippen LogP contribution in [0.3, 0.4) is 0 Å². The van der Waals surface area contributed by atoms with E-state index in [-0.39, 0.29) is 38.0 Å². The van der Waals surface area contributed by atoms with Gasteiger partial charge < -0.3 is 20.1 Å². The maximum Gasteiger partial charge on any atom is 0.414 e. The zero-order chi connectivity index (χ0) is 17.0. The third-order valence-electron chi connectivity index (χ3n) is 4.93. The van der Waals surface area contributed by atoms with Crippen molar-refractivity contribution in [3.63, 3.8) is 0 Å². The second kappa shape index (κ2) is 7.70. The van der Waals surface area contributed by atoms with E-state index in [4.69, 9.17) is 4.74 Å². The molecule has 2 saturated heterocycles. The van der Waals surface area contributed by atoms with E-state index in [0.29, 0.717) is 19.1 Å². The zero-order valence-corrected chi connectivity index (χ0v) is 13.3. The van der Waals surface area contributed by atoms with Crippen LogP contribution in [0, 0.1) is 11.8 Å². The molecule has 0 aromatic heterocycles. The average molecular weight is 338 g/mol. The Balaban J connectivity index is 1.77. The summed E-state index contributed by atoms with van der Waals surface area (Å²) in [6.07, 6.45) is -4.75. The fraction of sp³-hybridized carbons (Fsp3) is 0.933. The molecular weight excluding hydrogens is 313 g/mol. The van der Waals surface area contributed by atoms with Gasteiger partial charge in [-0.2, -0.15) is 13.2 Å². The predicted octanol–water partition coefficient (Wildman–Crippen LogP) is 2.15. The molecule has 2 amide bonds. The molecule has 2 fully saturated rings. The molecular formula is C15H25F3N2O3. The predicted molar refractivity (Wildman–Crippen MR) is 77.9 cm³/mol. The SMILES string of the molecule is CC(NC(=O)N1CCC(C(O)C(F)(F)F)CC1)C1CCOCC1. The Labute approximate surface area is 134 Å². The van der Waals surface area contributed by atoms with Gasteiger partial charge in [0.2, 0.25) is 0 Å². The minimum absolute atomic E-state index is 0.0184. The number of hydrogen-bond acceptors (Lipinski definition) is 3. The first kappa shape index (κ1) is 18.3. The number of aliphatic hydroxyl groups excluding tert-OH is 1. The van der Waals surface area contributed by atoms with E-state index >= 15 is 0 Å². The lowest BCUT2D eigenvalue weighted by Gasteiger charge is -2.36. The van der Waals surface area contributed by atoms with Crippen molar-refractivity contribution >= 4 is 6.03 Å². The van der Waals surface area contributed by atoms with E-state index in [1.54, 1.807) is 0 Å². The van der Waals surface area contributed by atoms with E-state index in [9.17, 15) is 23.1 Å². The number of amides is 2. The highest BCUT2D eigenvalue weighted by molar-refractivity contribution is 5.74. The number of nitrogens with zero attached hydrogens (tertiary/aromatic N) is 1. The number of carbonyl (C=O) groups excluding carboxylic acids is 1. The highest BCUT2D eigenvalue weighted by Crippen LogP contribution is 2.31.